The Balaban J connectivity index is 2.15. The SMILES string of the molecule is CCC(C)CCCCCCC(=O)OCc1ccc(O)c(OC)c1. The molecule has 1 unspecified atom stereocenters. The Morgan fingerprint density at radius 1 is 1.22 bits per heavy atom. The molecule has 1 N–H and O–H groups in total. The normalized spacial score (nSPS) is 12.0. The molecule has 1 rings (SSSR count). The average molecular weight is 322 g/mol. The molecule has 0 heterocycles. The first-order valence-electron chi connectivity index (χ1n) is 8.58. The van der Waals surface area contributed by atoms with Crippen molar-refractivity contribution in [1.29, 1.82) is 0 Å². The lowest BCUT2D eigenvalue weighted by molar-refractivity contribution is -0.145. The second kappa shape index (κ2) is 10.9. The Bertz CT molecular complexity index is 470. The number of benzene rings is 1. The largest absolute Gasteiger partial charge is 0.504 e. The molecule has 0 saturated heterocycles. The number of carbonyl (C=O) groups excluding carboxylic acids is 1. The summed E-state index contributed by atoms with van der Waals surface area (Å²) in [7, 11) is 1.49. The topological polar surface area (TPSA) is 55.8 Å². The molecule has 0 aromatic heterocycles. The van der Waals surface area contributed by atoms with Crippen molar-refractivity contribution in [1.82, 2.24) is 0 Å². The Kier molecular flexibility index (Phi) is 9.18. The van der Waals surface area contributed by atoms with E-state index in [2.05, 4.69) is 13.8 Å². The lowest BCUT2D eigenvalue weighted by Crippen LogP contribution is -2.04. The molecule has 0 saturated carbocycles. The summed E-state index contributed by atoms with van der Waals surface area (Å²) in [6.45, 7) is 4.73. The van der Waals surface area contributed by atoms with Crippen LogP contribution in [-0.4, -0.2) is 18.2 Å². The van der Waals surface area contributed by atoms with E-state index in [1.807, 2.05) is 0 Å². The van der Waals surface area contributed by atoms with Gasteiger partial charge in [-0.05, 0) is 30.0 Å². The third-order valence-electron chi connectivity index (χ3n) is 4.17. The summed E-state index contributed by atoms with van der Waals surface area (Å²) in [5.74, 6) is 1.11. The second-order valence-corrected chi connectivity index (χ2v) is 6.13. The van der Waals surface area contributed by atoms with Crippen molar-refractivity contribution in [3.8, 4) is 11.5 Å². The molecule has 1 aromatic carbocycles. The van der Waals surface area contributed by atoms with Gasteiger partial charge in [0.25, 0.3) is 0 Å². The van der Waals surface area contributed by atoms with Gasteiger partial charge in [0.1, 0.15) is 6.61 Å². The second-order valence-electron chi connectivity index (χ2n) is 6.13. The summed E-state index contributed by atoms with van der Waals surface area (Å²) in [6, 6.07) is 4.94. The number of phenolic OH excluding ortho intramolecular Hbond substituents is 1. The van der Waals surface area contributed by atoms with Crippen LogP contribution in [-0.2, 0) is 16.1 Å². The molecule has 0 bridgehead atoms. The first-order valence-corrected chi connectivity index (χ1v) is 8.58. The van der Waals surface area contributed by atoms with Gasteiger partial charge < -0.3 is 14.6 Å². The number of phenols is 1. The van der Waals surface area contributed by atoms with Gasteiger partial charge in [-0.2, -0.15) is 0 Å². The van der Waals surface area contributed by atoms with Crippen LogP contribution in [0.1, 0.15) is 64.4 Å². The molecule has 23 heavy (non-hydrogen) atoms. The number of esters is 1. The van der Waals surface area contributed by atoms with Gasteiger partial charge in [0, 0.05) is 6.42 Å². The number of methoxy groups -OCH3 is 1. The van der Waals surface area contributed by atoms with E-state index >= 15 is 0 Å². The maximum Gasteiger partial charge on any atom is 0.306 e. The maximum absolute atomic E-state index is 11.7. The van der Waals surface area contributed by atoms with Crippen LogP contribution >= 0.6 is 0 Å². The third kappa shape index (κ3) is 7.91. The zero-order chi connectivity index (χ0) is 17.1. The van der Waals surface area contributed by atoms with Crippen molar-refractivity contribution in [3.05, 3.63) is 23.8 Å². The highest BCUT2D eigenvalue weighted by atomic mass is 16.5. The van der Waals surface area contributed by atoms with Crippen molar-refractivity contribution in [3.63, 3.8) is 0 Å². The summed E-state index contributed by atoms with van der Waals surface area (Å²) < 4.78 is 10.3. The van der Waals surface area contributed by atoms with Crippen LogP contribution in [0.3, 0.4) is 0 Å². The Hall–Kier alpha value is -1.71. The van der Waals surface area contributed by atoms with Gasteiger partial charge in [0.15, 0.2) is 11.5 Å². The highest BCUT2D eigenvalue weighted by Crippen LogP contribution is 2.26. The van der Waals surface area contributed by atoms with E-state index in [-0.39, 0.29) is 18.3 Å². The molecule has 130 valence electrons. The molecule has 1 aromatic rings. The van der Waals surface area contributed by atoms with Crippen LogP contribution in [0.2, 0.25) is 0 Å². The highest BCUT2D eigenvalue weighted by molar-refractivity contribution is 5.69. The van der Waals surface area contributed by atoms with E-state index < -0.39 is 0 Å². The molecule has 0 amide bonds. The zero-order valence-corrected chi connectivity index (χ0v) is 14.6. The van der Waals surface area contributed by atoms with Crippen LogP contribution < -0.4 is 4.74 Å². The standard InChI is InChI=1S/C19H30O4/c1-4-15(2)9-7-5-6-8-10-19(21)23-14-16-11-12-17(20)18(13-16)22-3/h11-13,15,20H,4-10,14H2,1-3H3. The van der Waals surface area contributed by atoms with E-state index in [1.54, 1.807) is 18.2 Å². The molecular weight excluding hydrogens is 292 g/mol. The van der Waals surface area contributed by atoms with E-state index in [0.717, 1.165) is 24.3 Å². The summed E-state index contributed by atoms with van der Waals surface area (Å²) in [5, 5.41) is 9.52. The van der Waals surface area contributed by atoms with E-state index in [1.165, 1.54) is 32.8 Å². The number of hydrogen-bond donors (Lipinski definition) is 1. The number of unbranched alkanes of at least 4 members (excludes halogenated alkanes) is 3. The molecule has 0 aliphatic carbocycles. The fourth-order valence-electron chi connectivity index (χ4n) is 2.37. The quantitative estimate of drug-likeness (QED) is 0.468. The average Bonchev–Trinajstić information content (AvgIpc) is 2.56. The van der Waals surface area contributed by atoms with Gasteiger partial charge in [0.05, 0.1) is 7.11 Å². The minimum absolute atomic E-state index is 0.0833. The van der Waals surface area contributed by atoms with E-state index in [0.29, 0.717) is 12.2 Å². The van der Waals surface area contributed by atoms with Crippen LogP contribution in [0.5, 0.6) is 11.5 Å². The molecule has 4 nitrogen and oxygen atoms in total. The Morgan fingerprint density at radius 2 is 1.96 bits per heavy atom. The fraction of sp³-hybridized carbons (Fsp3) is 0.632. The van der Waals surface area contributed by atoms with Crippen molar-refractivity contribution < 1.29 is 19.4 Å². The van der Waals surface area contributed by atoms with E-state index in [4.69, 9.17) is 9.47 Å². The summed E-state index contributed by atoms with van der Waals surface area (Å²) in [4.78, 5) is 11.7. The molecule has 0 fully saturated rings. The molecule has 1 atom stereocenters. The molecule has 0 aliphatic rings. The Morgan fingerprint density at radius 3 is 2.65 bits per heavy atom. The summed E-state index contributed by atoms with van der Waals surface area (Å²) in [6.07, 6.45) is 7.40. The molecular formula is C19H30O4. The van der Waals surface area contributed by atoms with Crippen molar-refractivity contribution >= 4 is 5.97 Å². The summed E-state index contributed by atoms with van der Waals surface area (Å²) in [5.41, 5.74) is 0.807. The zero-order valence-electron chi connectivity index (χ0n) is 14.6. The minimum Gasteiger partial charge on any atom is -0.504 e. The molecule has 0 spiro atoms. The smallest absolute Gasteiger partial charge is 0.306 e. The van der Waals surface area contributed by atoms with Crippen LogP contribution in [0.4, 0.5) is 0 Å². The number of ether oxygens (including phenoxy) is 2. The maximum atomic E-state index is 11.7. The van der Waals surface area contributed by atoms with Gasteiger partial charge in [-0.25, -0.2) is 0 Å². The number of carbonyl (C=O) groups is 1. The number of rotatable bonds is 11. The van der Waals surface area contributed by atoms with Crippen molar-refractivity contribution in [2.75, 3.05) is 7.11 Å². The Labute approximate surface area is 139 Å². The molecule has 0 aliphatic heterocycles. The molecule has 0 radical (unpaired) electrons. The van der Waals surface area contributed by atoms with Gasteiger partial charge in [-0.15, -0.1) is 0 Å². The van der Waals surface area contributed by atoms with Gasteiger partial charge in [-0.1, -0.05) is 52.0 Å². The predicted molar refractivity (Wildman–Crippen MR) is 91.6 cm³/mol. The lowest BCUT2D eigenvalue weighted by atomic mass is 10.0. The van der Waals surface area contributed by atoms with Gasteiger partial charge in [-0.3, -0.25) is 4.79 Å². The van der Waals surface area contributed by atoms with Gasteiger partial charge in [0.2, 0.25) is 0 Å². The van der Waals surface area contributed by atoms with Crippen LogP contribution in [0.25, 0.3) is 0 Å². The predicted octanol–water partition coefficient (Wildman–Crippen LogP) is 4.83. The lowest BCUT2D eigenvalue weighted by Gasteiger charge is -2.08. The van der Waals surface area contributed by atoms with Crippen molar-refractivity contribution in [2.45, 2.75) is 65.4 Å². The monoisotopic (exact) mass is 322 g/mol. The van der Waals surface area contributed by atoms with Crippen LogP contribution in [0, 0.1) is 5.92 Å². The first-order chi connectivity index (χ1) is 11.1. The third-order valence-corrected chi connectivity index (χ3v) is 4.17. The van der Waals surface area contributed by atoms with E-state index in [9.17, 15) is 9.90 Å². The number of aromatic hydroxyl groups is 1. The minimum atomic E-state index is -0.168. The highest BCUT2D eigenvalue weighted by Gasteiger charge is 2.06. The first kappa shape index (κ1) is 19.3. The molecule has 4 heteroatoms. The van der Waals surface area contributed by atoms with Gasteiger partial charge >= 0.3 is 5.97 Å². The fourth-order valence-corrected chi connectivity index (χ4v) is 2.37. The van der Waals surface area contributed by atoms with Crippen molar-refractivity contribution in [2.24, 2.45) is 5.92 Å². The number of hydrogen-bond acceptors (Lipinski definition) is 4. The summed E-state index contributed by atoms with van der Waals surface area (Å²) >= 11 is 0. The van der Waals surface area contributed by atoms with Crippen LogP contribution in [0.15, 0.2) is 18.2 Å².